The van der Waals surface area contributed by atoms with Gasteiger partial charge in [0.05, 0.1) is 17.6 Å². The lowest BCUT2D eigenvalue weighted by Crippen LogP contribution is -2.64. The Balaban J connectivity index is 1.37. The number of nitriles is 1. The van der Waals surface area contributed by atoms with Crippen LogP contribution in [-0.2, 0) is 32.5 Å². The quantitative estimate of drug-likeness (QED) is 0.564. The largest absolute Gasteiger partial charge is 0.416 e. The third kappa shape index (κ3) is 5.74. The number of hydrogen-bond acceptors (Lipinski definition) is 6. The maximum absolute atomic E-state index is 13.5. The van der Waals surface area contributed by atoms with E-state index in [9.17, 15) is 31.2 Å². The van der Waals surface area contributed by atoms with E-state index in [2.05, 4.69) is 5.32 Å². The van der Waals surface area contributed by atoms with Gasteiger partial charge in [-0.3, -0.25) is 14.5 Å². The molecule has 0 radical (unpaired) electrons. The van der Waals surface area contributed by atoms with E-state index in [0.29, 0.717) is 31.5 Å². The molecule has 0 spiro atoms. The third-order valence-electron chi connectivity index (χ3n) is 7.17. The number of halogens is 3. The van der Waals surface area contributed by atoms with Gasteiger partial charge in [-0.25, -0.2) is 0 Å². The summed E-state index contributed by atoms with van der Waals surface area (Å²) in [6, 6.07) is 5.03. The molecule has 1 N–H and O–H groups in total. The molecule has 0 unspecified atom stereocenters. The van der Waals surface area contributed by atoms with Gasteiger partial charge in [0.2, 0.25) is 11.8 Å². The van der Waals surface area contributed by atoms with Gasteiger partial charge < -0.3 is 10.2 Å². The van der Waals surface area contributed by atoms with Crippen LogP contribution in [0, 0.1) is 17.2 Å². The van der Waals surface area contributed by atoms with Crippen molar-refractivity contribution in [2.45, 2.75) is 37.6 Å². The number of benzene rings is 1. The van der Waals surface area contributed by atoms with Gasteiger partial charge in [0.1, 0.15) is 12.1 Å². The minimum Gasteiger partial charge on any atom is -0.350 e. The van der Waals surface area contributed by atoms with Gasteiger partial charge in [-0.1, -0.05) is 12.1 Å². The highest BCUT2D eigenvalue weighted by Gasteiger charge is 2.45. The normalized spacial score (nSPS) is 24.5. The van der Waals surface area contributed by atoms with E-state index in [1.807, 2.05) is 6.07 Å². The van der Waals surface area contributed by atoms with Gasteiger partial charge in [-0.2, -0.15) is 35.5 Å². The van der Waals surface area contributed by atoms with Gasteiger partial charge in [0.15, 0.2) is 0 Å². The number of carbonyl (C=O) groups is 2. The fourth-order valence-electron chi connectivity index (χ4n) is 4.81. The highest BCUT2D eigenvalue weighted by atomic mass is 32.2. The Bertz CT molecular complexity index is 1160. The van der Waals surface area contributed by atoms with Crippen LogP contribution in [0.5, 0.6) is 0 Å². The number of carbonyl (C=O) groups excluding carboxylic acids is 2. The van der Waals surface area contributed by atoms with Gasteiger partial charge in [-0.05, 0) is 37.6 Å². The Morgan fingerprint density at radius 2 is 1.73 bits per heavy atom. The van der Waals surface area contributed by atoms with Crippen LogP contribution in [0.2, 0.25) is 0 Å². The average molecular weight is 543 g/mol. The summed E-state index contributed by atoms with van der Waals surface area (Å²) in [6.07, 6.45) is -3.40. The Hall–Kier alpha value is -2.73. The first kappa shape index (κ1) is 27.3. The summed E-state index contributed by atoms with van der Waals surface area (Å²) >= 11 is 0. The summed E-state index contributed by atoms with van der Waals surface area (Å²) in [6.45, 7) is 1.14. The molecule has 4 rings (SSSR count). The molecule has 0 aromatic heterocycles. The van der Waals surface area contributed by atoms with Crippen LogP contribution in [0.25, 0.3) is 0 Å². The molecule has 2 amide bonds. The Morgan fingerprint density at radius 1 is 1.05 bits per heavy atom. The van der Waals surface area contributed by atoms with Gasteiger partial charge in [0, 0.05) is 45.8 Å². The minimum atomic E-state index is -4.44. The highest BCUT2D eigenvalue weighted by molar-refractivity contribution is 7.86. The standard InChI is InChI=1S/C23H29F3N6O4S/c1-29-9-10-30(37(35,36)31-13-17(11-27)14-31)15-20(29)22(34)32-8-2-3-19(32)21(33)28-12-16-4-6-18(7-5-16)23(24,25)26/h4-7,17,19-20H,2-3,8-10,12-15H2,1H3,(H,28,33)/t19-,20+/m1/s1. The first-order chi connectivity index (χ1) is 17.4. The molecule has 0 bridgehead atoms. The molecule has 1 aromatic carbocycles. The first-order valence-electron chi connectivity index (χ1n) is 12.0. The summed E-state index contributed by atoms with van der Waals surface area (Å²) in [5.74, 6) is -1.07. The van der Waals surface area contributed by atoms with Crippen molar-refractivity contribution in [1.29, 1.82) is 5.26 Å². The van der Waals surface area contributed by atoms with Crippen LogP contribution in [0.3, 0.4) is 0 Å². The summed E-state index contributed by atoms with van der Waals surface area (Å²) in [7, 11) is -2.06. The second kappa shape index (κ2) is 10.6. The SMILES string of the molecule is CN1CCN(S(=O)(=O)N2CC(C#N)C2)C[C@H]1C(=O)N1CCC[C@@H]1C(=O)NCc1ccc(C(F)(F)F)cc1. The zero-order valence-electron chi connectivity index (χ0n) is 20.3. The number of amides is 2. The smallest absolute Gasteiger partial charge is 0.350 e. The van der Waals surface area contributed by atoms with Gasteiger partial charge in [0.25, 0.3) is 10.2 Å². The topological polar surface area (TPSA) is 117 Å². The van der Waals surface area contributed by atoms with Crippen molar-refractivity contribution < 1.29 is 31.2 Å². The summed E-state index contributed by atoms with van der Waals surface area (Å²) in [5.41, 5.74) is -0.281. The predicted molar refractivity (Wildman–Crippen MR) is 126 cm³/mol. The number of likely N-dealkylation sites (tertiary alicyclic amines) is 1. The van der Waals surface area contributed by atoms with E-state index in [1.165, 1.54) is 25.6 Å². The van der Waals surface area contributed by atoms with Crippen molar-refractivity contribution in [2.75, 3.05) is 46.3 Å². The van der Waals surface area contributed by atoms with E-state index < -0.39 is 39.9 Å². The number of hydrogen-bond donors (Lipinski definition) is 1. The lowest BCUT2D eigenvalue weighted by Gasteiger charge is -2.43. The van der Waals surface area contributed by atoms with Crippen molar-refractivity contribution in [1.82, 2.24) is 23.7 Å². The molecule has 3 fully saturated rings. The van der Waals surface area contributed by atoms with Crippen LogP contribution in [0.15, 0.2) is 24.3 Å². The molecule has 202 valence electrons. The Morgan fingerprint density at radius 3 is 2.35 bits per heavy atom. The Labute approximate surface area is 213 Å². The molecule has 2 atom stereocenters. The molecule has 3 saturated heterocycles. The third-order valence-corrected chi connectivity index (χ3v) is 9.10. The zero-order valence-corrected chi connectivity index (χ0v) is 21.1. The molecule has 3 aliphatic rings. The van der Waals surface area contributed by atoms with Crippen LogP contribution < -0.4 is 5.32 Å². The molecular formula is C23H29F3N6O4S. The van der Waals surface area contributed by atoms with Crippen molar-refractivity contribution in [3.05, 3.63) is 35.4 Å². The molecule has 3 aliphatic heterocycles. The summed E-state index contributed by atoms with van der Waals surface area (Å²) in [5, 5.41) is 11.7. The molecular weight excluding hydrogens is 513 g/mol. The maximum Gasteiger partial charge on any atom is 0.416 e. The summed E-state index contributed by atoms with van der Waals surface area (Å²) in [4.78, 5) is 29.6. The molecule has 37 heavy (non-hydrogen) atoms. The van der Waals surface area contributed by atoms with Gasteiger partial charge in [-0.15, -0.1) is 0 Å². The van der Waals surface area contributed by atoms with E-state index in [1.54, 1.807) is 11.9 Å². The number of rotatable bonds is 6. The highest BCUT2D eigenvalue weighted by Crippen LogP contribution is 2.29. The van der Waals surface area contributed by atoms with E-state index in [4.69, 9.17) is 5.26 Å². The monoisotopic (exact) mass is 542 g/mol. The molecule has 3 heterocycles. The van der Waals surface area contributed by atoms with Crippen molar-refractivity contribution >= 4 is 22.0 Å². The number of nitrogens with one attached hydrogen (secondary N) is 1. The Kier molecular flexibility index (Phi) is 7.80. The molecule has 14 heteroatoms. The number of nitrogens with zero attached hydrogens (tertiary/aromatic N) is 5. The lowest BCUT2D eigenvalue weighted by atomic mass is 10.1. The van der Waals surface area contributed by atoms with Crippen LogP contribution in [-0.4, -0.2) is 97.0 Å². The fourth-order valence-corrected chi connectivity index (χ4v) is 6.51. The summed E-state index contributed by atoms with van der Waals surface area (Å²) < 4.78 is 66.7. The molecule has 1 aromatic rings. The van der Waals surface area contributed by atoms with E-state index in [-0.39, 0.29) is 44.5 Å². The molecule has 0 aliphatic carbocycles. The first-order valence-corrected chi connectivity index (χ1v) is 13.4. The number of likely N-dealkylation sites (N-methyl/N-ethyl adjacent to an activating group) is 1. The lowest BCUT2D eigenvalue weighted by molar-refractivity contribution is -0.143. The van der Waals surface area contributed by atoms with Crippen molar-refractivity contribution in [3.63, 3.8) is 0 Å². The van der Waals surface area contributed by atoms with Gasteiger partial charge >= 0.3 is 6.18 Å². The molecule has 0 saturated carbocycles. The maximum atomic E-state index is 13.5. The number of piperazine rings is 1. The van der Waals surface area contributed by atoms with Crippen LogP contribution in [0.1, 0.15) is 24.0 Å². The van der Waals surface area contributed by atoms with E-state index in [0.717, 1.165) is 12.1 Å². The average Bonchev–Trinajstić information content (AvgIpc) is 3.31. The minimum absolute atomic E-state index is 0.0182. The van der Waals surface area contributed by atoms with Crippen molar-refractivity contribution in [2.24, 2.45) is 5.92 Å². The fraction of sp³-hybridized carbons (Fsp3) is 0.609. The second-order valence-corrected chi connectivity index (χ2v) is 11.5. The predicted octanol–water partition coefficient (Wildman–Crippen LogP) is 0.629. The van der Waals surface area contributed by atoms with E-state index >= 15 is 0 Å². The van der Waals surface area contributed by atoms with Crippen molar-refractivity contribution in [3.8, 4) is 6.07 Å². The molecule has 10 nitrogen and oxygen atoms in total. The zero-order chi connectivity index (χ0) is 27.0. The van der Waals surface area contributed by atoms with Crippen LogP contribution >= 0.6 is 0 Å². The second-order valence-electron chi connectivity index (χ2n) is 9.61. The number of alkyl halides is 3. The van der Waals surface area contributed by atoms with Crippen LogP contribution in [0.4, 0.5) is 13.2 Å².